The third-order valence-corrected chi connectivity index (χ3v) is 17.5. The number of quaternary nitrogens is 1. The molecule has 0 aliphatic carbocycles. The van der Waals surface area contributed by atoms with Gasteiger partial charge >= 0.3 is 7.82 Å². The highest BCUT2D eigenvalue weighted by Crippen LogP contribution is 2.43. The van der Waals surface area contributed by atoms with Crippen molar-refractivity contribution >= 4 is 13.7 Å². The van der Waals surface area contributed by atoms with Gasteiger partial charge in [0.2, 0.25) is 5.91 Å². The van der Waals surface area contributed by atoms with Gasteiger partial charge in [-0.2, -0.15) is 0 Å². The van der Waals surface area contributed by atoms with E-state index in [1.54, 1.807) is 6.08 Å². The van der Waals surface area contributed by atoms with Crippen molar-refractivity contribution in [2.24, 2.45) is 0 Å². The number of nitrogens with one attached hydrogen (secondary N) is 1. The van der Waals surface area contributed by atoms with Crippen LogP contribution in [0.1, 0.15) is 354 Å². The van der Waals surface area contributed by atoms with Crippen LogP contribution in [-0.2, 0) is 18.4 Å². The lowest BCUT2D eigenvalue weighted by Gasteiger charge is -2.25. The van der Waals surface area contributed by atoms with Crippen molar-refractivity contribution in [1.29, 1.82) is 0 Å². The van der Waals surface area contributed by atoms with E-state index >= 15 is 0 Å². The summed E-state index contributed by atoms with van der Waals surface area (Å²) in [5.74, 6) is -0.172. The van der Waals surface area contributed by atoms with Crippen molar-refractivity contribution in [3.05, 3.63) is 60.8 Å². The zero-order chi connectivity index (χ0) is 60.5. The second-order valence-electron chi connectivity index (χ2n) is 25.9. The summed E-state index contributed by atoms with van der Waals surface area (Å²) in [7, 11) is 1.59. The number of likely N-dealkylation sites (N-methyl/N-ethyl adjacent to an activating group) is 1. The molecule has 3 N–H and O–H groups in total. The Kier molecular flexibility index (Phi) is 63.3. The zero-order valence-corrected chi connectivity index (χ0v) is 56.8. The number of phosphoric acid groups is 1. The fraction of sp³-hybridized carbons (Fsp3) is 0.851. The second-order valence-corrected chi connectivity index (χ2v) is 27.4. The molecular weight excluding hydrogens is 1040 g/mol. The number of nitrogens with zero attached hydrogens (tertiary/aromatic N) is 1. The van der Waals surface area contributed by atoms with Gasteiger partial charge in [0.1, 0.15) is 13.2 Å². The molecule has 0 fully saturated rings. The number of amides is 1. The summed E-state index contributed by atoms with van der Waals surface area (Å²) < 4.78 is 23.8. The molecule has 488 valence electrons. The SMILES string of the molecule is CC/C=C\C/C=C\C/C=C\C/C=C\CCCCCCCCCCCCCCCCCCCCC(=O)NC(COP(=O)(O)OCC[N+](C)(C)C)C(O)/C=C/CCCCCCCCCCCCCCCCCCCCCCCCCCCCCC. The summed E-state index contributed by atoms with van der Waals surface area (Å²) in [6.45, 7) is 4.76. The molecule has 0 aromatic rings. The van der Waals surface area contributed by atoms with Crippen molar-refractivity contribution in [1.82, 2.24) is 5.32 Å². The molecule has 0 aromatic carbocycles. The van der Waals surface area contributed by atoms with E-state index in [4.69, 9.17) is 9.05 Å². The minimum absolute atomic E-state index is 0.0620. The predicted octanol–water partition coefficient (Wildman–Crippen LogP) is 23.2. The van der Waals surface area contributed by atoms with E-state index in [1.165, 1.54) is 270 Å². The van der Waals surface area contributed by atoms with Crippen LogP contribution in [0.5, 0.6) is 0 Å². The Hall–Kier alpha value is -1.80. The standard InChI is InChI=1S/C74H141N2O6P/c1-6-8-10-12-14-16-18-20-22-24-26-28-30-32-34-36-38-40-42-44-46-48-50-52-54-56-58-60-62-64-66-68-74(78)75-72(71-82-83(79,80)81-70-69-76(3,4)5)73(77)67-65-63-61-59-57-55-53-51-49-47-45-43-41-39-37-35-33-31-29-27-25-23-21-19-17-15-13-11-9-7-2/h8,10,14,16,20,22,26,28,65,67,72-73,77H,6-7,9,11-13,15,17-19,21,23-25,27,29-64,66,68-71H2,1-5H3,(H-,75,78,79,80)/p+1/b10-8-,16-14-,22-20-,28-26-,67-65+. The van der Waals surface area contributed by atoms with E-state index in [0.29, 0.717) is 17.4 Å². The maximum Gasteiger partial charge on any atom is 0.472 e. The third-order valence-electron chi connectivity index (χ3n) is 16.5. The van der Waals surface area contributed by atoms with E-state index in [9.17, 15) is 19.4 Å². The first-order chi connectivity index (χ1) is 40.5. The Morgan fingerprint density at radius 2 is 0.723 bits per heavy atom. The molecule has 0 saturated carbocycles. The molecule has 0 spiro atoms. The highest BCUT2D eigenvalue weighted by Gasteiger charge is 2.28. The van der Waals surface area contributed by atoms with Crippen LogP contribution in [0, 0.1) is 0 Å². The molecule has 0 rings (SSSR count). The van der Waals surface area contributed by atoms with Gasteiger partial charge in [-0.05, 0) is 57.8 Å². The molecule has 9 heteroatoms. The van der Waals surface area contributed by atoms with Crippen LogP contribution in [0.3, 0.4) is 0 Å². The third kappa shape index (κ3) is 67.6. The molecule has 0 aliphatic heterocycles. The molecule has 0 heterocycles. The van der Waals surface area contributed by atoms with Crippen molar-refractivity contribution < 1.29 is 32.9 Å². The number of aliphatic hydroxyl groups excluding tert-OH is 1. The summed E-state index contributed by atoms with van der Waals surface area (Å²) in [4.78, 5) is 23.4. The number of unbranched alkanes of at least 4 members (excludes halogenated alkanes) is 46. The van der Waals surface area contributed by atoms with Gasteiger partial charge in [-0.15, -0.1) is 0 Å². The minimum atomic E-state index is -4.36. The Bertz CT molecular complexity index is 1540. The Morgan fingerprint density at radius 1 is 0.422 bits per heavy atom. The van der Waals surface area contributed by atoms with E-state index < -0.39 is 20.0 Å². The van der Waals surface area contributed by atoms with Crippen LogP contribution in [0.4, 0.5) is 0 Å². The summed E-state index contributed by atoms with van der Waals surface area (Å²) in [6, 6.07) is -0.849. The molecule has 83 heavy (non-hydrogen) atoms. The molecule has 0 aliphatic rings. The van der Waals surface area contributed by atoms with Gasteiger partial charge in [0.05, 0.1) is 39.9 Å². The quantitative estimate of drug-likeness (QED) is 0.0243. The fourth-order valence-electron chi connectivity index (χ4n) is 10.9. The van der Waals surface area contributed by atoms with Crippen LogP contribution in [0.15, 0.2) is 60.8 Å². The van der Waals surface area contributed by atoms with Crippen LogP contribution >= 0.6 is 7.82 Å². The second kappa shape index (κ2) is 64.7. The van der Waals surface area contributed by atoms with Gasteiger partial charge in [-0.25, -0.2) is 4.57 Å². The van der Waals surface area contributed by atoms with Crippen LogP contribution in [0.2, 0.25) is 0 Å². The van der Waals surface area contributed by atoms with Gasteiger partial charge in [0.15, 0.2) is 0 Å². The summed E-state index contributed by atoms with van der Waals surface area (Å²) in [5, 5.41) is 14.0. The molecule has 0 radical (unpaired) electrons. The van der Waals surface area contributed by atoms with Gasteiger partial charge in [0, 0.05) is 6.42 Å². The molecule has 8 nitrogen and oxygen atoms in total. The number of hydrogen-bond acceptors (Lipinski definition) is 5. The average molecular weight is 1190 g/mol. The van der Waals surface area contributed by atoms with E-state index in [0.717, 1.165) is 64.2 Å². The van der Waals surface area contributed by atoms with Gasteiger partial charge < -0.3 is 19.8 Å². The van der Waals surface area contributed by atoms with Crippen LogP contribution < -0.4 is 5.32 Å². The Balaban J connectivity index is 4.03. The molecule has 1 amide bonds. The van der Waals surface area contributed by atoms with Crippen molar-refractivity contribution in [3.63, 3.8) is 0 Å². The van der Waals surface area contributed by atoms with Crippen LogP contribution in [0.25, 0.3) is 0 Å². The number of carbonyl (C=O) groups is 1. The van der Waals surface area contributed by atoms with Crippen LogP contribution in [-0.4, -0.2) is 73.4 Å². The van der Waals surface area contributed by atoms with Gasteiger partial charge in [0.25, 0.3) is 0 Å². The smallest absolute Gasteiger partial charge is 0.387 e. The highest BCUT2D eigenvalue weighted by molar-refractivity contribution is 7.47. The minimum Gasteiger partial charge on any atom is -0.387 e. The largest absolute Gasteiger partial charge is 0.472 e. The Morgan fingerprint density at radius 3 is 1.06 bits per heavy atom. The molecule has 0 bridgehead atoms. The average Bonchev–Trinajstić information content (AvgIpc) is 3.49. The first-order valence-electron chi connectivity index (χ1n) is 36.2. The molecular formula is C74H142N2O6P+. The molecule has 3 unspecified atom stereocenters. The number of rotatable bonds is 67. The Labute approximate surface area is 517 Å². The normalized spacial score (nSPS) is 14.0. The van der Waals surface area contributed by atoms with E-state index in [-0.39, 0.29) is 19.1 Å². The number of hydrogen-bond donors (Lipinski definition) is 3. The molecule has 0 saturated heterocycles. The molecule has 3 atom stereocenters. The first-order valence-corrected chi connectivity index (χ1v) is 37.7. The van der Waals surface area contributed by atoms with E-state index in [2.05, 4.69) is 67.8 Å². The van der Waals surface area contributed by atoms with Crippen molar-refractivity contribution in [3.8, 4) is 0 Å². The summed E-state index contributed by atoms with van der Waals surface area (Å²) in [5.41, 5.74) is 0. The molecule has 0 aromatic heterocycles. The number of carbonyl (C=O) groups excluding carboxylic acids is 1. The maximum absolute atomic E-state index is 13.1. The van der Waals surface area contributed by atoms with Gasteiger partial charge in [-0.1, -0.05) is 351 Å². The van der Waals surface area contributed by atoms with Crippen molar-refractivity contribution in [2.75, 3.05) is 40.9 Å². The highest BCUT2D eigenvalue weighted by atomic mass is 31.2. The zero-order valence-electron chi connectivity index (χ0n) is 55.9. The fourth-order valence-corrected chi connectivity index (χ4v) is 11.7. The summed E-state index contributed by atoms with van der Waals surface area (Å²) >= 11 is 0. The number of aliphatic hydroxyl groups is 1. The monoisotopic (exact) mass is 1190 g/mol. The lowest BCUT2D eigenvalue weighted by Crippen LogP contribution is -2.45. The summed E-state index contributed by atoms with van der Waals surface area (Å²) in [6.07, 6.45) is 89.5. The van der Waals surface area contributed by atoms with Gasteiger partial charge in [-0.3, -0.25) is 13.8 Å². The lowest BCUT2D eigenvalue weighted by molar-refractivity contribution is -0.870. The predicted molar refractivity (Wildman–Crippen MR) is 364 cm³/mol. The maximum atomic E-state index is 13.1. The number of phosphoric ester groups is 1. The first kappa shape index (κ1) is 81.2. The van der Waals surface area contributed by atoms with Crippen molar-refractivity contribution in [2.45, 2.75) is 366 Å². The topological polar surface area (TPSA) is 105 Å². The van der Waals surface area contributed by atoms with E-state index in [1.807, 2.05) is 27.2 Å². The number of allylic oxidation sites excluding steroid dienone is 9. The lowest BCUT2D eigenvalue weighted by atomic mass is 10.0.